The van der Waals surface area contributed by atoms with Crippen molar-refractivity contribution in [1.29, 1.82) is 0 Å². The summed E-state index contributed by atoms with van der Waals surface area (Å²) in [6, 6.07) is 57.1. The Balaban J connectivity index is 1.40. The summed E-state index contributed by atoms with van der Waals surface area (Å²) in [4.78, 5) is 5.01. The largest absolute Gasteiger partial charge is 0.256 e. The van der Waals surface area contributed by atoms with Crippen molar-refractivity contribution in [3.8, 4) is 33.4 Å². The molecule has 1 aromatic heterocycles. The summed E-state index contributed by atoms with van der Waals surface area (Å²) in [7, 11) is 0. The fourth-order valence-electron chi connectivity index (χ4n) is 7.07. The van der Waals surface area contributed by atoms with Crippen LogP contribution < -0.4 is 0 Å². The second-order valence-corrected chi connectivity index (χ2v) is 11.5. The average Bonchev–Trinajstić information content (AvgIpc) is 3.10. The molecular weight excluding hydrogens is 530 g/mol. The van der Waals surface area contributed by atoms with Crippen LogP contribution in [-0.2, 0) is 0 Å². The predicted octanol–water partition coefficient (Wildman–Crippen LogP) is 11.8. The van der Waals surface area contributed by atoms with Crippen molar-refractivity contribution in [2.75, 3.05) is 0 Å². The molecule has 0 amide bonds. The minimum Gasteiger partial charge on any atom is -0.256 e. The molecule has 0 fully saturated rings. The van der Waals surface area contributed by atoms with Crippen LogP contribution in [0.25, 0.3) is 87.4 Å². The Hall–Kier alpha value is -5.79. The van der Waals surface area contributed by atoms with Crippen molar-refractivity contribution in [2.45, 2.75) is 0 Å². The van der Waals surface area contributed by atoms with Gasteiger partial charge in [0.1, 0.15) is 0 Å². The number of para-hydroxylation sites is 1. The quantitative estimate of drug-likeness (QED) is 0.155. The Bertz CT molecular complexity index is 2550. The minimum atomic E-state index is 1.01. The second kappa shape index (κ2) is 9.90. The van der Waals surface area contributed by atoms with Gasteiger partial charge in [0.05, 0.1) is 5.52 Å². The monoisotopic (exact) mass is 557 g/mol. The Labute approximate surface area is 255 Å². The lowest BCUT2D eigenvalue weighted by molar-refractivity contribution is 1.45. The summed E-state index contributed by atoms with van der Waals surface area (Å²) in [6.45, 7) is 0. The number of benzene rings is 8. The maximum absolute atomic E-state index is 5.01. The normalized spacial score (nSPS) is 11.6. The van der Waals surface area contributed by atoms with Crippen molar-refractivity contribution in [1.82, 2.24) is 4.98 Å². The van der Waals surface area contributed by atoms with Crippen molar-refractivity contribution in [3.63, 3.8) is 0 Å². The van der Waals surface area contributed by atoms with E-state index in [0.717, 1.165) is 5.52 Å². The van der Waals surface area contributed by atoms with Gasteiger partial charge < -0.3 is 0 Å². The molecular formula is C43H27N. The van der Waals surface area contributed by atoms with E-state index in [-0.39, 0.29) is 0 Å². The first kappa shape index (κ1) is 24.8. The number of hydrogen-bond donors (Lipinski definition) is 0. The number of aromatic nitrogens is 1. The van der Waals surface area contributed by atoms with E-state index in [2.05, 4.69) is 164 Å². The first-order chi connectivity index (χ1) is 21.8. The topological polar surface area (TPSA) is 12.9 Å². The number of pyridine rings is 1. The molecule has 0 aliphatic carbocycles. The van der Waals surface area contributed by atoms with E-state index in [1.807, 2.05) is 0 Å². The molecule has 0 N–H and O–H groups in total. The van der Waals surface area contributed by atoms with Gasteiger partial charge in [0.15, 0.2) is 0 Å². The number of rotatable bonds is 3. The third-order valence-electron chi connectivity index (χ3n) is 9.05. The van der Waals surface area contributed by atoms with E-state index in [0.29, 0.717) is 0 Å². The molecule has 44 heavy (non-hydrogen) atoms. The first-order valence-electron chi connectivity index (χ1n) is 15.1. The van der Waals surface area contributed by atoms with Crippen LogP contribution in [0.5, 0.6) is 0 Å². The van der Waals surface area contributed by atoms with Gasteiger partial charge in [-0.25, -0.2) is 0 Å². The number of fused-ring (bicyclic) bond motifs is 6. The molecule has 0 aliphatic rings. The number of nitrogens with zero attached hydrogens (tertiary/aromatic N) is 1. The standard InChI is InChI=1S/C43H27N/c1-2-13-30-25-33(24-23-28(30)11-1)42-37-19-6-5-18-36(37)41(39-27-44-40-22-8-7-20-38(40)43(39)42)32-16-9-15-31(26-32)35-21-10-14-29-12-3-4-17-34(29)35/h1-27H. The Morgan fingerprint density at radius 3 is 1.82 bits per heavy atom. The summed E-state index contributed by atoms with van der Waals surface area (Å²) < 4.78 is 0. The molecule has 0 atom stereocenters. The molecule has 0 unspecified atom stereocenters. The third-order valence-corrected chi connectivity index (χ3v) is 9.05. The summed E-state index contributed by atoms with van der Waals surface area (Å²) in [5.41, 5.74) is 8.36. The van der Waals surface area contributed by atoms with Crippen LogP contribution in [0.2, 0.25) is 0 Å². The van der Waals surface area contributed by atoms with Gasteiger partial charge in [0, 0.05) is 22.4 Å². The zero-order valence-corrected chi connectivity index (χ0v) is 24.0. The first-order valence-corrected chi connectivity index (χ1v) is 15.1. The lowest BCUT2D eigenvalue weighted by Crippen LogP contribution is -1.94. The van der Waals surface area contributed by atoms with Crippen LogP contribution in [0, 0.1) is 0 Å². The van der Waals surface area contributed by atoms with Gasteiger partial charge in [-0.2, -0.15) is 0 Å². The van der Waals surface area contributed by atoms with E-state index in [1.54, 1.807) is 0 Å². The van der Waals surface area contributed by atoms with E-state index in [4.69, 9.17) is 4.98 Å². The average molecular weight is 558 g/mol. The van der Waals surface area contributed by atoms with Crippen molar-refractivity contribution >= 4 is 54.0 Å². The molecule has 9 rings (SSSR count). The minimum absolute atomic E-state index is 1.01. The molecule has 0 spiro atoms. The fraction of sp³-hybridized carbons (Fsp3) is 0. The zero-order chi connectivity index (χ0) is 29.0. The molecule has 0 radical (unpaired) electrons. The van der Waals surface area contributed by atoms with E-state index in [9.17, 15) is 0 Å². The fourth-order valence-corrected chi connectivity index (χ4v) is 7.07. The molecule has 9 aromatic rings. The highest BCUT2D eigenvalue weighted by Crippen LogP contribution is 2.46. The van der Waals surface area contributed by atoms with Crippen LogP contribution in [-0.4, -0.2) is 4.98 Å². The Morgan fingerprint density at radius 1 is 0.341 bits per heavy atom. The van der Waals surface area contributed by atoms with Gasteiger partial charge >= 0.3 is 0 Å². The van der Waals surface area contributed by atoms with E-state index >= 15 is 0 Å². The second-order valence-electron chi connectivity index (χ2n) is 11.5. The molecule has 0 bridgehead atoms. The van der Waals surface area contributed by atoms with E-state index in [1.165, 1.54) is 81.9 Å². The summed E-state index contributed by atoms with van der Waals surface area (Å²) >= 11 is 0. The highest BCUT2D eigenvalue weighted by atomic mass is 14.6. The van der Waals surface area contributed by atoms with Crippen molar-refractivity contribution in [3.05, 3.63) is 164 Å². The molecule has 0 saturated heterocycles. The van der Waals surface area contributed by atoms with Gasteiger partial charge in [-0.3, -0.25) is 4.98 Å². The maximum atomic E-state index is 5.01. The Kier molecular flexibility index (Phi) is 5.57. The van der Waals surface area contributed by atoms with Crippen LogP contribution in [0.1, 0.15) is 0 Å². The van der Waals surface area contributed by atoms with Crippen LogP contribution in [0.15, 0.2) is 164 Å². The van der Waals surface area contributed by atoms with Gasteiger partial charge in [-0.05, 0) is 83.9 Å². The molecule has 0 aliphatic heterocycles. The molecule has 1 heteroatoms. The lowest BCUT2D eigenvalue weighted by Gasteiger charge is -2.19. The molecule has 1 nitrogen and oxygen atoms in total. The van der Waals surface area contributed by atoms with Gasteiger partial charge in [0.2, 0.25) is 0 Å². The molecule has 204 valence electrons. The van der Waals surface area contributed by atoms with E-state index < -0.39 is 0 Å². The van der Waals surface area contributed by atoms with Gasteiger partial charge in [-0.15, -0.1) is 0 Å². The van der Waals surface area contributed by atoms with Crippen molar-refractivity contribution in [2.24, 2.45) is 0 Å². The SMILES string of the molecule is c1cc(-c2cccc3ccccc23)cc(-c2c3ccccc3c(-c3ccc4ccccc4c3)c3c2cnc2ccccc23)c1. The Morgan fingerprint density at radius 2 is 0.955 bits per heavy atom. The molecule has 1 heterocycles. The molecule has 8 aromatic carbocycles. The van der Waals surface area contributed by atoms with Crippen LogP contribution in [0.4, 0.5) is 0 Å². The van der Waals surface area contributed by atoms with Gasteiger partial charge in [0.25, 0.3) is 0 Å². The summed E-state index contributed by atoms with van der Waals surface area (Å²) in [6.07, 6.45) is 2.09. The zero-order valence-electron chi connectivity index (χ0n) is 24.0. The predicted molar refractivity (Wildman–Crippen MR) is 188 cm³/mol. The maximum Gasteiger partial charge on any atom is 0.0708 e. The van der Waals surface area contributed by atoms with Crippen LogP contribution in [0.3, 0.4) is 0 Å². The van der Waals surface area contributed by atoms with Crippen molar-refractivity contribution < 1.29 is 0 Å². The number of hydrogen-bond acceptors (Lipinski definition) is 1. The third kappa shape index (κ3) is 3.83. The van der Waals surface area contributed by atoms with Gasteiger partial charge in [-0.1, -0.05) is 140 Å². The highest BCUT2D eigenvalue weighted by Gasteiger charge is 2.20. The molecule has 0 saturated carbocycles. The summed E-state index contributed by atoms with van der Waals surface area (Å²) in [5.74, 6) is 0. The summed E-state index contributed by atoms with van der Waals surface area (Å²) in [5, 5.41) is 11.1. The lowest BCUT2D eigenvalue weighted by atomic mass is 9.84. The smallest absolute Gasteiger partial charge is 0.0708 e. The van der Waals surface area contributed by atoms with Crippen LogP contribution >= 0.6 is 0 Å². The highest BCUT2D eigenvalue weighted by molar-refractivity contribution is 6.27.